The second-order valence-corrected chi connectivity index (χ2v) is 8.52. The van der Waals surface area contributed by atoms with Crippen molar-refractivity contribution in [3.05, 3.63) is 0 Å². The minimum atomic E-state index is -0.00133. The second kappa shape index (κ2) is 8.03. The van der Waals surface area contributed by atoms with Crippen LogP contribution in [0.2, 0.25) is 0 Å². The van der Waals surface area contributed by atoms with Gasteiger partial charge in [-0.25, -0.2) is 0 Å². The summed E-state index contributed by atoms with van der Waals surface area (Å²) in [7, 11) is 0. The first-order valence-electron chi connectivity index (χ1n) is 10.4. The Hall–Kier alpha value is -0.530. The van der Waals surface area contributed by atoms with E-state index in [1.165, 1.54) is 57.8 Å². The number of hydrogen-bond donors (Lipinski definition) is 0. The molecule has 0 amide bonds. The molecule has 2 heteroatoms. The Morgan fingerprint density at radius 1 is 0.913 bits per heavy atom. The lowest BCUT2D eigenvalue weighted by molar-refractivity contribution is -0.153. The van der Waals surface area contributed by atoms with Crippen LogP contribution in [-0.4, -0.2) is 12.1 Å². The third-order valence-corrected chi connectivity index (χ3v) is 7.15. The van der Waals surface area contributed by atoms with Crippen LogP contribution in [0.5, 0.6) is 0 Å². The summed E-state index contributed by atoms with van der Waals surface area (Å²) >= 11 is 0. The molecule has 3 saturated carbocycles. The molecule has 0 radical (unpaired) electrons. The van der Waals surface area contributed by atoms with Crippen LogP contribution >= 0.6 is 0 Å². The van der Waals surface area contributed by atoms with Gasteiger partial charge in [-0.15, -0.1) is 0 Å². The fourth-order valence-corrected chi connectivity index (χ4v) is 5.98. The smallest absolute Gasteiger partial charge is 0.305 e. The summed E-state index contributed by atoms with van der Waals surface area (Å²) in [6.45, 7) is 4.22. The van der Waals surface area contributed by atoms with Gasteiger partial charge in [0.15, 0.2) is 0 Å². The fraction of sp³-hybridized carbons (Fsp3) is 0.952. The van der Waals surface area contributed by atoms with Crippen molar-refractivity contribution in [1.82, 2.24) is 0 Å². The van der Waals surface area contributed by atoms with Crippen molar-refractivity contribution in [1.29, 1.82) is 0 Å². The topological polar surface area (TPSA) is 26.3 Å². The third-order valence-electron chi connectivity index (χ3n) is 7.15. The van der Waals surface area contributed by atoms with Crippen LogP contribution in [0.4, 0.5) is 0 Å². The highest BCUT2D eigenvalue weighted by molar-refractivity contribution is 5.69. The Bertz CT molecular complexity index is 391. The highest BCUT2D eigenvalue weighted by Crippen LogP contribution is 2.53. The van der Waals surface area contributed by atoms with Gasteiger partial charge < -0.3 is 4.74 Å². The fourth-order valence-electron chi connectivity index (χ4n) is 5.98. The summed E-state index contributed by atoms with van der Waals surface area (Å²) in [4.78, 5) is 11.6. The van der Waals surface area contributed by atoms with E-state index in [9.17, 15) is 4.79 Å². The summed E-state index contributed by atoms with van der Waals surface area (Å²) in [6.07, 6.45) is 15.9. The molecule has 0 bridgehead atoms. The lowest BCUT2D eigenvalue weighted by Crippen LogP contribution is -2.43. The van der Waals surface area contributed by atoms with Crippen molar-refractivity contribution in [2.75, 3.05) is 0 Å². The van der Waals surface area contributed by atoms with Gasteiger partial charge >= 0.3 is 5.97 Å². The van der Waals surface area contributed by atoms with E-state index in [0.717, 1.165) is 42.4 Å². The zero-order valence-corrected chi connectivity index (χ0v) is 15.3. The molecule has 0 aromatic heterocycles. The molecule has 0 saturated heterocycles. The van der Waals surface area contributed by atoms with E-state index < -0.39 is 0 Å². The number of hydrogen-bond acceptors (Lipinski definition) is 2. The molecule has 3 aliphatic carbocycles. The van der Waals surface area contributed by atoms with Gasteiger partial charge in [-0.3, -0.25) is 4.79 Å². The third kappa shape index (κ3) is 4.12. The Balaban J connectivity index is 1.52. The van der Waals surface area contributed by atoms with Crippen LogP contribution in [-0.2, 0) is 9.53 Å². The Labute approximate surface area is 142 Å². The number of ether oxygens (including phenoxy) is 1. The first-order valence-corrected chi connectivity index (χ1v) is 10.4. The average molecular weight is 321 g/mol. The average Bonchev–Trinajstić information content (AvgIpc) is 2.59. The highest BCUT2D eigenvalue weighted by atomic mass is 16.5. The van der Waals surface area contributed by atoms with Crippen molar-refractivity contribution >= 4 is 5.97 Å². The molecule has 4 unspecified atom stereocenters. The van der Waals surface area contributed by atoms with Crippen LogP contribution < -0.4 is 0 Å². The lowest BCUT2D eigenvalue weighted by Gasteiger charge is -2.50. The number of rotatable bonds is 5. The van der Waals surface area contributed by atoms with Crippen molar-refractivity contribution in [2.45, 2.75) is 97.0 Å². The first-order chi connectivity index (χ1) is 11.2. The maximum absolute atomic E-state index is 11.6. The van der Waals surface area contributed by atoms with Crippen molar-refractivity contribution < 1.29 is 9.53 Å². The van der Waals surface area contributed by atoms with Gasteiger partial charge in [0.05, 0.1) is 0 Å². The minimum absolute atomic E-state index is 0.00133. The Morgan fingerprint density at radius 3 is 2.30 bits per heavy atom. The molecule has 3 fully saturated rings. The van der Waals surface area contributed by atoms with Crippen molar-refractivity contribution in [3.63, 3.8) is 0 Å². The molecule has 0 aliphatic heterocycles. The molecule has 0 heterocycles. The van der Waals surface area contributed by atoms with Gasteiger partial charge in [0.1, 0.15) is 6.10 Å². The first kappa shape index (κ1) is 17.3. The van der Waals surface area contributed by atoms with E-state index >= 15 is 0 Å². The summed E-state index contributed by atoms with van der Waals surface area (Å²) < 4.78 is 5.65. The van der Waals surface area contributed by atoms with Gasteiger partial charge in [0.25, 0.3) is 0 Å². The molecule has 0 spiro atoms. The zero-order chi connectivity index (χ0) is 16.2. The second-order valence-electron chi connectivity index (χ2n) is 8.52. The van der Waals surface area contributed by atoms with Gasteiger partial charge in [-0.2, -0.15) is 0 Å². The van der Waals surface area contributed by atoms with E-state index in [0.29, 0.717) is 6.42 Å². The van der Waals surface area contributed by atoms with E-state index in [1.807, 2.05) is 6.92 Å². The molecule has 0 aromatic rings. The number of esters is 1. The Kier molecular flexibility index (Phi) is 6.04. The molecule has 132 valence electrons. The summed E-state index contributed by atoms with van der Waals surface area (Å²) in [5, 5.41) is 0. The molecular weight excluding hydrogens is 284 g/mol. The summed E-state index contributed by atoms with van der Waals surface area (Å²) in [6, 6.07) is 0. The molecule has 3 aliphatic rings. The number of carbonyl (C=O) groups excluding carboxylic acids is 1. The highest BCUT2D eigenvalue weighted by Gasteiger charge is 2.44. The molecule has 0 aromatic carbocycles. The van der Waals surface area contributed by atoms with Crippen LogP contribution in [0.25, 0.3) is 0 Å². The summed E-state index contributed by atoms with van der Waals surface area (Å²) in [5.41, 5.74) is 0. The quantitative estimate of drug-likeness (QED) is 0.604. The van der Waals surface area contributed by atoms with Crippen molar-refractivity contribution in [2.24, 2.45) is 29.6 Å². The number of carbonyl (C=O) groups is 1. The van der Waals surface area contributed by atoms with Crippen LogP contribution in [0, 0.1) is 29.6 Å². The van der Waals surface area contributed by atoms with Gasteiger partial charge in [0.2, 0.25) is 0 Å². The predicted molar refractivity (Wildman–Crippen MR) is 94.1 cm³/mol. The summed E-state index contributed by atoms with van der Waals surface area (Å²) in [5.74, 6) is 4.81. The number of unbranched alkanes of at least 4 members (excludes halogenated alkanes) is 1. The van der Waals surface area contributed by atoms with E-state index in [-0.39, 0.29) is 12.1 Å². The Morgan fingerprint density at radius 2 is 1.61 bits per heavy atom. The van der Waals surface area contributed by atoms with Crippen molar-refractivity contribution in [3.8, 4) is 0 Å². The lowest BCUT2D eigenvalue weighted by atomic mass is 9.56. The van der Waals surface area contributed by atoms with Crippen LogP contribution in [0.3, 0.4) is 0 Å². The monoisotopic (exact) mass is 320 g/mol. The van der Waals surface area contributed by atoms with Gasteiger partial charge in [-0.1, -0.05) is 39.5 Å². The standard InChI is InChI=1S/C21H36O2/c1-3-5-6-15-7-11-19-16(13-15)8-9-17-14-18(10-12-20(17)19)23-21(22)4-2/h15-20H,3-14H2,1-2H3/t15-,16?,17?,18-,19?,20?/m1/s1. The van der Waals surface area contributed by atoms with Gasteiger partial charge in [0, 0.05) is 6.42 Å². The molecular formula is C21H36O2. The van der Waals surface area contributed by atoms with E-state index in [4.69, 9.17) is 4.74 Å². The van der Waals surface area contributed by atoms with Crippen LogP contribution in [0.15, 0.2) is 0 Å². The molecule has 0 N–H and O–H groups in total. The van der Waals surface area contributed by atoms with Crippen LogP contribution in [0.1, 0.15) is 90.9 Å². The predicted octanol–water partition coefficient (Wildman–Crippen LogP) is 5.74. The zero-order valence-electron chi connectivity index (χ0n) is 15.3. The largest absolute Gasteiger partial charge is 0.462 e. The molecule has 23 heavy (non-hydrogen) atoms. The molecule has 3 rings (SSSR count). The minimum Gasteiger partial charge on any atom is -0.462 e. The number of fused-ring (bicyclic) bond motifs is 3. The SMILES string of the molecule is CCCC[C@@H]1CCC2C(CCC3C[C@H](OC(=O)CC)CCC32)C1. The maximum Gasteiger partial charge on any atom is 0.305 e. The molecule has 6 atom stereocenters. The van der Waals surface area contributed by atoms with E-state index in [1.54, 1.807) is 0 Å². The molecule has 2 nitrogen and oxygen atoms in total. The van der Waals surface area contributed by atoms with E-state index in [2.05, 4.69) is 6.92 Å². The van der Waals surface area contributed by atoms with Gasteiger partial charge in [-0.05, 0) is 74.5 Å². The maximum atomic E-state index is 11.6. The normalized spacial score (nSPS) is 40.1.